The van der Waals surface area contributed by atoms with Crippen molar-refractivity contribution in [2.24, 2.45) is 0 Å². The van der Waals surface area contributed by atoms with Crippen LogP contribution >= 0.6 is 11.9 Å². The average Bonchev–Trinajstić information content (AvgIpc) is 3.09. The molecule has 0 radical (unpaired) electrons. The molecule has 2 N–H and O–H groups in total. The molecule has 250 valence electrons. The summed E-state index contributed by atoms with van der Waals surface area (Å²) in [6.07, 6.45) is 9.49. The minimum Gasteiger partial charge on any atom is -0.494 e. The van der Waals surface area contributed by atoms with E-state index in [2.05, 4.69) is 70.7 Å². The second-order valence-corrected chi connectivity index (χ2v) is 13.0. The summed E-state index contributed by atoms with van der Waals surface area (Å²) in [5.74, 6) is 2.26. The lowest BCUT2D eigenvalue weighted by Crippen LogP contribution is -2.52. The van der Waals surface area contributed by atoms with Crippen molar-refractivity contribution in [3.05, 3.63) is 48.4 Å². The molecule has 0 aliphatic carbocycles. The topological polar surface area (TPSA) is 107 Å². The van der Waals surface area contributed by atoms with Gasteiger partial charge in [-0.05, 0) is 57.5 Å². The number of nitrogens with zero attached hydrogens (tertiary/aromatic N) is 8. The molecule has 0 amide bonds. The molecular formula is C34H46N10O2S. The molecule has 6 rings (SSSR count). The number of piperazine rings is 1. The van der Waals surface area contributed by atoms with Crippen LogP contribution in [0.1, 0.15) is 25.3 Å². The number of anilines is 6. The van der Waals surface area contributed by atoms with Crippen LogP contribution in [0.3, 0.4) is 0 Å². The predicted molar refractivity (Wildman–Crippen MR) is 193 cm³/mol. The number of rotatable bonds is 11. The fourth-order valence-electron chi connectivity index (χ4n) is 6.51. The quantitative estimate of drug-likeness (QED) is 0.197. The molecule has 4 heterocycles. The number of nitrogens with one attached hydrogen (secondary N) is 2. The third kappa shape index (κ3) is 7.26. The smallest absolute Gasteiger partial charge is 0.229 e. The summed E-state index contributed by atoms with van der Waals surface area (Å²) in [7, 11) is 5.93. The lowest BCUT2D eigenvalue weighted by Gasteiger charge is -2.43. The molecule has 2 aliphatic rings. The Hall–Kier alpha value is -4.07. The number of ether oxygens (including phenoxy) is 2. The van der Waals surface area contributed by atoms with Gasteiger partial charge in [0.1, 0.15) is 11.3 Å². The van der Waals surface area contributed by atoms with Crippen LogP contribution in [0.15, 0.2) is 42.9 Å². The highest BCUT2D eigenvalue weighted by molar-refractivity contribution is 7.99. The SMILES string of the molecule is CCOc1cnc(Nc2cc(C)c(N3CCC(N4CCN(C)CC4)CC3)cc2OC)nc1Nc1ccc2nccnc2c1N(C)SC. The van der Waals surface area contributed by atoms with Gasteiger partial charge < -0.3 is 34.2 Å². The summed E-state index contributed by atoms with van der Waals surface area (Å²) in [5, 5.41) is 6.91. The predicted octanol–water partition coefficient (Wildman–Crippen LogP) is 5.55. The molecule has 2 aromatic carbocycles. The first-order valence-electron chi connectivity index (χ1n) is 16.3. The number of benzene rings is 2. The minimum absolute atomic E-state index is 0.426. The van der Waals surface area contributed by atoms with E-state index < -0.39 is 0 Å². The zero-order valence-electron chi connectivity index (χ0n) is 28.3. The van der Waals surface area contributed by atoms with E-state index in [-0.39, 0.29) is 0 Å². The third-order valence-corrected chi connectivity index (χ3v) is 9.86. The Bertz CT molecular complexity index is 1670. The van der Waals surface area contributed by atoms with Gasteiger partial charge in [0.25, 0.3) is 0 Å². The number of fused-ring (bicyclic) bond motifs is 1. The molecule has 4 aromatic rings. The summed E-state index contributed by atoms with van der Waals surface area (Å²) in [6.45, 7) is 11.3. The molecule has 2 fully saturated rings. The molecule has 2 saturated heterocycles. The van der Waals surface area contributed by atoms with Gasteiger partial charge in [-0.2, -0.15) is 4.98 Å². The van der Waals surface area contributed by atoms with Gasteiger partial charge in [0.15, 0.2) is 11.6 Å². The number of piperidine rings is 1. The van der Waals surface area contributed by atoms with Crippen LogP contribution in [0.5, 0.6) is 11.5 Å². The molecule has 0 spiro atoms. The zero-order chi connectivity index (χ0) is 32.9. The zero-order valence-corrected chi connectivity index (χ0v) is 29.1. The van der Waals surface area contributed by atoms with Gasteiger partial charge in [0.05, 0.1) is 42.5 Å². The van der Waals surface area contributed by atoms with Gasteiger partial charge in [0.2, 0.25) is 5.95 Å². The van der Waals surface area contributed by atoms with Crippen LogP contribution in [0.4, 0.5) is 34.5 Å². The van der Waals surface area contributed by atoms with Crippen LogP contribution in [0, 0.1) is 6.92 Å². The molecule has 0 atom stereocenters. The first-order valence-corrected chi connectivity index (χ1v) is 17.5. The minimum atomic E-state index is 0.426. The fraction of sp³-hybridized carbons (Fsp3) is 0.471. The first kappa shape index (κ1) is 32.9. The van der Waals surface area contributed by atoms with Crippen LogP contribution in [0.25, 0.3) is 11.0 Å². The summed E-state index contributed by atoms with van der Waals surface area (Å²) >= 11 is 1.59. The van der Waals surface area contributed by atoms with E-state index in [1.807, 2.05) is 32.4 Å². The number of likely N-dealkylation sites (N-methyl/N-ethyl adjacent to an activating group) is 1. The van der Waals surface area contributed by atoms with Crippen molar-refractivity contribution in [1.82, 2.24) is 29.7 Å². The monoisotopic (exact) mass is 658 g/mol. The summed E-state index contributed by atoms with van der Waals surface area (Å²) in [6, 6.07) is 8.88. The second kappa shape index (κ2) is 14.8. The molecular weight excluding hydrogens is 613 g/mol. The van der Waals surface area contributed by atoms with Crippen molar-refractivity contribution in [3.63, 3.8) is 0 Å². The molecule has 2 aliphatic heterocycles. The van der Waals surface area contributed by atoms with Crippen molar-refractivity contribution < 1.29 is 9.47 Å². The van der Waals surface area contributed by atoms with Gasteiger partial charge in [-0.25, -0.2) is 4.98 Å². The van der Waals surface area contributed by atoms with E-state index >= 15 is 0 Å². The largest absolute Gasteiger partial charge is 0.494 e. The number of aromatic nitrogens is 4. The van der Waals surface area contributed by atoms with Crippen molar-refractivity contribution in [3.8, 4) is 11.5 Å². The maximum Gasteiger partial charge on any atom is 0.229 e. The molecule has 47 heavy (non-hydrogen) atoms. The van der Waals surface area contributed by atoms with Gasteiger partial charge in [-0.3, -0.25) is 14.9 Å². The van der Waals surface area contributed by atoms with Crippen LogP contribution in [0.2, 0.25) is 0 Å². The van der Waals surface area contributed by atoms with Crippen molar-refractivity contribution in [2.75, 3.05) is 93.2 Å². The Kier molecular flexibility index (Phi) is 10.3. The number of hydrogen-bond donors (Lipinski definition) is 2. The molecule has 2 aromatic heterocycles. The maximum absolute atomic E-state index is 5.93. The highest BCUT2D eigenvalue weighted by atomic mass is 32.2. The Morgan fingerprint density at radius 2 is 1.72 bits per heavy atom. The Balaban J connectivity index is 1.23. The molecule has 13 heteroatoms. The number of methoxy groups -OCH3 is 1. The van der Waals surface area contributed by atoms with Gasteiger partial charge >= 0.3 is 0 Å². The van der Waals surface area contributed by atoms with E-state index in [0.29, 0.717) is 30.2 Å². The summed E-state index contributed by atoms with van der Waals surface area (Å²) < 4.78 is 13.9. The van der Waals surface area contributed by atoms with Crippen LogP contribution in [-0.2, 0) is 0 Å². The van der Waals surface area contributed by atoms with E-state index in [4.69, 9.17) is 14.5 Å². The maximum atomic E-state index is 5.93. The molecule has 0 saturated carbocycles. The van der Waals surface area contributed by atoms with Crippen molar-refractivity contribution in [2.45, 2.75) is 32.7 Å². The van der Waals surface area contributed by atoms with Crippen LogP contribution in [-0.4, -0.2) is 109 Å². The third-order valence-electron chi connectivity index (χ3n) is 9.13. The molecule has 12 nitrogen and oxygen atoms in total. The first-order chi connectivity index (χ1) is 22.9. The average molecular weight is 659 g/mol. The second-order valence-electron chi connectivity index (χ2n) is 12.1. The normalized spacial score (nSPS) is 16.3. The Morgan fingerprint density at radius 3 is 2.45 bits per heavy atom. The standard InChI is InChI=1S/C34H46N10O2S/c1-7-46-30-22-37-34(40-33(30)38-26-9-8-25-31(36-13-12-35-25)32(26)42(4)47-6)39-27-20-23(2)28(21-29(27)45-5)44-14-10-24(11-15-44)43-18-16-41(3)17-19-43/h8-9,12-13,20-22,24H,7,10-11,14-19H2,1-6H3,(H2,37,38,39,40). The van der Waals surface area contributed by atoms with Gasteiger partial charge in [-0.15, -0.1) is 0 Å². The highest BCUT2D eigenvalue weighted by Crippen LogP contribution is 2.39. The Morgan fingerprint density at radius 1 is 0.957 bits per heavy atom. The highest BCUT2D eigenvalue weighted by Gasteiger charge is 2.28. The van der Waals surface area contributed by atoms with E-state index in [0.717, 1.165) is 60.0 Å². The van der Waals surface area contributed by atoms with E-state index in [9.17, 15) is 0 Å². The van der Waals surface area contributed by atoms with E-state index in [1.165, 1.54) is 37.2 Å². The Labute approximate surface area is 282 Å². The fourth-order valence-corrected chi connectivity index (χ4v) is 6.87. The molecule has 0 bridgehead atoms. The van der Waals surface area contributed by atoms with Crippen molar-refractivity contribution in [1.29, 1.82) is 0 Å². The van der Waals surface area contributed by atoms with Crippen LogP contribution < -0.4 is 29.3 Å². The van der Waals surface area contributed by atoms with Crippen molar-refractivity contribution >= 4 is 57.5 Å². The van der Waals surface area contributed by atoms with Gasteiger partial charge in [-0.1, -0.05) is 11.9 Å². The summed E-state index contributed by atoms with van der Waals surface area (Å²) in [5.41, 5.74) is 6.54. The summed E-state index contributed by atoms with van der Waals surface area (Å²) in [4.78, 5) is 26.2. The van der Waals surface area contributed by atoms with Gasteiger partial charge in [0, 0.05) is 82.8 Å². The number of hydrogen-bond acceptors (Lipinski definition) is 13. The number of aryl methyl sites for hydroxylation is 1. The lowest BCUT2D eigenvalue weighted by molar-refractivity contribution is 0.0982. The van der Waals surface area contributed by atoms with E-state index in [1.54, 1.807) is 37.6 Å². The lowest BCUT2D eigenvalue weighted by atomic mass is 10.0. The molecule has 0 unspecified atom stereocenters.